The van der Waals surface area contributed by atoms with Crippen LogP contribution >= 0.6 is 0 Å². The van der Waals surface area contributed by atoms with Gasteiger partial charge in [-0.1, -0.05) is 108 Å². The zero-order valence-electron chi connectivity index (χ0n) is 24.6. The van der Waals surface area contributed by atoms with Crippen LogP contribution in [0.4, 0.5) is 11.4 Å². The number of hydrogen-bond acceptors (Lipinski definition) is 3. The molecule has 5 rings (SSSR count). The Labute approximate surface area is 235 Å². The molecule has 0 spiro atoms. The van der Waals surface area contributed by atoms with Crippen molar-refractivity contribution >= 4 is 17.1 Å². The maximum absolute atomic E-state index is 5.51. The minimum Gasteiger partial charge on any atom is -0.385 e. The lowest BCUT2D eigenvalue weighted by atomic mass is 9.87. The molecule has 2 heterocycles. The molecular formula is C36H45N3. The molecule has 0 aliphatic carbocycles. The summed E-state index contributed by atoms with van der Waals surface area (Å²) in [6, 6.07) is 22.6. The van der Waals surface area contributed by atoms with Gasteiger partial charge in [0.15, 0.2) is 0 Å². The van der Waals surface area contributed by atoms with E-state index in [0.29, 0.717) is 17.8 Å². The zero-order chi connectivity index (χ0) is 27.5. The minimum atomic E-state index is -0.0347. The summed E-state index contributed by atoms with van der Waals surface area (Å²) < 4.78 is 0. The molecule has 0 amide bonds. The Hall–Kier alpha value is -3.33. The van der Waals surface area contributed by atoms with Crippen molar-refractivity contribution in [2.75, 3.05) is 17.2 Å². The molecule has 0 saturated carbocycles. The first-order valence-electron chi connectivity index (χ1n) is 14.9. The van der Waals surface area contributed by atoms with Crippen molar-refractivity contribution in [2.24, 2.45) is 4.99 Å². The second-order valence-electron chi connectivity index (χ2n) is 12.1. The van der Waals surface area contributed by atoms with Crippen molar-refractivity contribution in [3.8, 4) is 0 Å². The van der Waals surface area contributed by atoms with Crippen LogP contribution in [0.5, 0.6) is 0 Å². The van der Waals surface area contributed by atoms with E-state index in [1.165, 1.54) is 51.2 Å². The molecule has 0 radical (unpaired) electrons. The third kappa shape index (κ3) is 5.69. The van der Waals surface area contributed by atoms with Gasteiger partial charge in [-0.3, -0.25) is 4.99 Å². The first-order valence-corrected chi connectivity index (χ1v) is 14.9. The number of hydrogen-bond donors (Lipinski definition) is 2. The SMILES string of the molecule is CC(C)c1ccccc1C(Nc1c(C(C)C)cccc1C(C)C)C1=NC(c2cccc3c2NCCC3)CC=C1. The van der Waals surface area contributed by atoms with Gasteiger partial charge in [-0.15, -0.1) is 0 Å². The molecule has 3 heteroatoms. The van der Waals surface area contributed by atoms with Gasteiger partial charge in [-0.2, -0.15) is 0 Å². The normalized spacial score (nSPS) is 17.7. The van der Waals surface area contributed by atoms with Gasteiger partial charge in [0.05, 0.1) is 17.8 Å². The van der Waals surface area contributed by atoms with Gasteiger partial charge in [0, 0.05) is 23.5 Å². The van der Waals surface area contributed by atoms with Crippen LogP contribution in [0.15, 0.2) is 77.8 Å². The van der Waals surface area contributed by atoms with Gasteiger partial charge in [0.2, 0.25) is 0 Å². The molecule has 204 valence electrons. The van der Waals surface area contributed by atoms with Crippen molar-refractivity contribution in [2.45, 2.75) is 90.6 Å². The summed E-state index contributed by atoms with van der Waals surface area (Å²) in [5, 5.41) is 7.80. The summed E-state index contributed by atoms with van der Waals surface area (Å²) in [6.07, 6.45) is 7.87. The number of fused-ring (bicyclic) bond motifs is 1. The van der Waals surface area contributed by atoms with E-state index in [0.717, 1.165) is 25.1 Å². The molecule has 0 saturated heterocycles. The lowest BCUT2D eigenvalue weighted by Crippen LogP contribution is -2.25. The Bertz CT molecular complexity index is 1340. The van der Waals surface area contributed by atoms with E-state index in [-0.39, 0.29) is 12.1 Å². The number of benzene rings is 3. The average Bonchev–Trinajstić information content (AvgIpc) is 2.95. The fraction of sp³-hybridized carbons (Fsp3) is 0.417. The highest BCUT2D eigenvalue weighted by atomic mass is 15.0. The maximum Gasteiger partial charge on any atom is 0.0938 e. The van der Waals surface area contributed by atoms with Crippen molar-refractivity contribution in [1.29, 1.82) is 0 Å². The van der Waals surface area contributed by atoms with Crippen molar-refractivity contribution in [3.63, 3.8) is 0 Å². The molecule has 0 aromatic heterocycles. The molecule has 3 aromatic carbocycles. The first-order chi connectivity index (χ1) is 18.8. The lowest BCUT2D eigenvalue weighted by molar-refractivity contribution is 0.718. The third-order valence-corrected chi connectivity index (χ3v) is 8.31. The average molecular weight is 520 g/mol. The number of nitrogens with zero attached hydrogens (tertiary/aromatic N) is 1. The van der Waals surface area contributed by atoms with Crippen LogP contribution < -0.4 is 10.6 Å². The van der Waals surface area contributed by atoms with Crippen LogP contribution in [0, 0.1) is 0 Å². The highest BCUT2D eigenvalue weighted by Gasteiger charge is 2.28. The quantitative estimate of drug-likeness (QED) is 0.311. The summed E-state index contributed by atoms with van der Waals surface area (Å²) in [6.45, 7) is 14.8. The summed E-state index contributed by atoms with van der Waals surface area (Å²) in [5.74, 6) is 1.26. The predicted octanol–water partition coefficient (Wildman–Crippen LogP) is 9.71. The molecule has 2 atom stereocenters. The Morgan fingerprint density at radius 3 is 2.10 bits per heavy atom. The van der Waals surface area contributed by atoms with Crippen LogP contribution in [-0.2, 0) is 6.42 Å². The molecule has 2 unspecified atom stereocenters. The van der Waals surface area contributed by atoms with Crippen molar-refractivity contribution in [3.05, 3.63) is 106 Å². The van der Waals surface area contributed by atoms with Gasteiger partial charge in [-0.05, 0) is 70.9 Å². The van der Waals surface area contributed by atoms with E-state index in [1.54, 1.807) is 0 Å². The number of aliphatic imine (C=N–C) groups is 1. The van der Waals surface area contributed by atoms with Gasteiger partial charge in [-0.25, -0.2) is 0 Å². The van der Waals surface area contributed by atoms with Gasteiger partial charge in [0.1, 0.15) is 0 Å². The predicted molar refractivity (Wildman–Crippen MR) is 169 cm³/mol. The molecule has 3 nitrogen and oxygen atoms in total. The number of aryl methyl sites for hydroxylation is 1. The topological polar surface area (TPSA) is 36.4 Å². The molecule has 2 N–H and O–H groups in total. The summed E-state index contributed by atoms with van der Waals surface area (Å²) >= 11 is 0. The third-order valence-electron chi connectivity index (χ3n) is 8.31. The van der Waals surface area contributed by atoms with E-state index in [9.17, 15) is 0 Å². The standard InChI is InChI=1S/C36H45N3/c1-23(2)27-15-7-8-16-30(27)36(39-35-28(24(3)4)17-10-18-29(35)25(5)6)33-21-11-20-32(38-33)31-19-9-13-26-14-12-22-37-34(26)31/h7-11,13,15-19,21,23-25,32,36-37,39H,12,14,20,22H2,1-6H3. The molecule has 0 fully saturated rings. The lowest BCUT2D eigenvalue weighted by Gasteiger charge is -2.31. The Balaban J connectivity index is 1.64. The smallest absolute Gasteiger partial charge is 0.0938 e. The van der Waals surface area contributed by atoms with E-state index >= 15 is 0 Å². The van der Waals surface area contributed by atoms with Crippen molar-refractivity contribution in [1.82, 2.24) is 0 Å². The van der Waals surface area contributed by atoms with Crippen LogP contribution in [0.25, 0.3) is 0 Å². The second-order valence-corrected chi connectivity index (χ2v) is 12.1. The largest absolute Gasteiger partial charge is 0.385 e. The Morgan fingerprint density at radius 2 is 1.41 bits per heavy atom. The van der Waals surface area contributed by atoms with Crippen LogP contribution in [0.2, 0.25) is 0 Å². The monoisotopic (exact) mass is 519 g/mol. The molecule has 39 heavy (non-hydrogen) atoms. The fourth-order valence-electron chi connectivity index (χ4n) is 6.25. The van der Waals surface area contributed by atoms with E-state index in [2.05, 4.69) is 125 Å². The molecular weight excluding hydrogens is 474 g/mol. The van der Waals surface area contributed by atoms with Crippen LogP contribution in [0.1, 0.15) is 118 Å². The molecule has 2 aliphatic rings. The molecule has 2 aliphatic heterocycles. The second kappa shape index (κ2) is 11.8. The maximum atomic E-state index is 5.51. The molecule has 3 aromatic rings. The first kappa shape index (κ1) is 27.2. The van der Waals surface area contributed by atoms with Crippen LogP contribution in [0.3, 0.4) is 0 Å². The zero-order valence-corrected chi connectivity index (χ0v) is 24.6. The summed E-state index contributed by atoms with van der Waals surface area (Å²) in [7, 11) is 0. The number of rotatable bonds is 8. The minimum absolute atomic E-state index is 0.0347. The summed E-state index contributed by atoms with van der Waals surface area (Å²) in [4.78, 5) is 5.51. The van der Waals surface area contributed by atoms with E-state index in [1.807, 2.05) is 0 Å². The van der Waals surface area contributed by atoms with E-state index in [4.69, 9.17) is 4.99 Å². The fourth-order valence-corrected chi connectivity index (χ4v) is 6.25. The Morgan fingerprint density at radius 1 is 0.769 bits per heavy atom. The highest BCUT2D eigenvalue weighted by molar-refractivity contribution is 6.02. The van der Waals surface area contributed by atoms with Crippen molar-refractivity contribution < 1.29 is 0 Å². The summed E-state index contributed by atoms with van der Waals surface area (Å²) in [5.41, 5.74) is 11.9. The van der Waals surface area contributed by atoms with Crippen LogP contribution in [-0.4, -0.2) is 12.3 Å². The number of para-hydroxylation sites is 2. The number of nitrogens with one attached hydrogen (secondary N) is 2. The van der Waals surface area contributed by atoms with Gasteiger partial charge in [0.25, 0.3) is 0 Å². The molecule has 0 bridgehead atoms. The van der Waals surface area contributed by atoms with Gasteiger partial charge < -0.3 is 10.6 Å². The highest BCUT2D eigenvalue weighted by Crippen LogP contribution is 2.40. The number of anilines is 2. The number of dihydropyridines is 1. The Kier molecular flexibility index (Phi) is 8.26. The van der Waals surface area contributed by atoms with E-state index < -0.39 is 0 Å². The van der Waals surface area contributed by atoms with Gasteiger partial charge >= 0.3 is 0 Å².